The van der Waals surface area contributed by atoms with Crippen molar-refractivity contribution >= 4 is 11.8 Å². The van der Waals surface area contributed by atoms with Crippen LogP contribution >= 0.6 is 0 Å². The van der Waals surface area contributed by atoms with E-state index in [0.717, 1.165) is 31.2 Å². The van der Waals surface area contributed by atoms with Gasteiger partial charge in [0.1, 0.15) is 0 Å². The second kappa shape index (κ2) is 4.31. The van der Waals surface area contributed by atoms with Gasteiger partial charge in [-0.3, -0.25) is 9.59 Å². The Kier molecular flexibility index (Phi) is 2.63. The summed E-state index contributed by atoms with van der Waals surface area (Å²) < 4.78 is 0. The van der Waals surface area contributed by atoms with E-state index < -0.39 is 0 Å². The molecule has 21 heavy (non-hydrogen) atoms. The SMILES string of the molecule is NC1CC12CC(NC(=O)c1ccc3c(c1)CCNC3=O)C2. The standard InChI is InChI=1S/C16H19N3O2/c17-13-8-16(13)6-11(7-16)19-14(20)10-1-2-12-9(5-10)3-4-18-15(12)21/h1-2,5,11,13H,3-4,6-8,17H2,(H,18,21)(H,19,20). The lowest BCUT2D eigenvalue weighted by molar-refractivity contribution is 0.0871. The van der Waals surface area contributed by atoms with E-state index in [1.807, 2.05) is 6.07 Å². The highest BCUT2D eigenvalue weighted by Gasteiger charge is 2.60. The molecule has 4 N–H and O–H groups in total. The van der Waals surface area contributed by atoms with Gasteiger partial charge in [0.2, 0.25) is 0 Å². The third-order valence-corrected chi connectivity index (χ3v) is 5.19. The molecule has 1 aromatic rings. The number of amides is 2. The topological polar surface area (TPSA) is 84.2 Å². The first kappa shape index (κ1) is 12.8. The van der Waals surface area contributed by atoms with E-state index in [2.05, 4.69) is 10.6 Å². The minimum Gasteiger partial charge on any atom is -0.352 e. The molecule has 110 valence electrons. The van der Waals surface area contributed by atoms with Gasteiger partial charge >= 0.3 is 0 Å². The number of hydrogen-bond donors (Lipinski definition) is 3. The molecule has 1 aliphatic heterocycles. The van der Waals surface area contributed by atoms with Crippen LogP contribution in [0.1, 0.15) is 45.5 Å². The fourth-order valence-corrected chi connectivity index (χ4v) is 3.71. The van der Waals surface area contributed by atoms with E-state index in [4.69, 9.17) is 5.73 Å². The molecule has 0 aromatic heterocycles. The van der Waals surface area contributed by atoms with E-state index in [9.17, 15) is 9.59 Å². The highest BCUT2D eigenvalue weighted by Crippen LogP contribution is 2.59. The molecule has 5 nitrogen and oxygen atoms in total. The van der Waals surface area contributed by atoms with Crippen LogP contribution in [0.15, 0.2) is 18.2 Å². The molecule has 2 aliphatic carbocycles. The van der Waals surface area contributed by atoms with Crippen LogP contribution in [-0.4, -0.2) is 30.4 Å². The molecule has 2 saturated carbocycles. The lowest BCUT2D eigenvalue weighted by atomic mass is 9.76. The first-order chi connectivity index (χ1) is 10.1. The van der Waals surface area contributed by atoms with Gasteiger partial charge in [-0.15, -0.1) is 0 Å². The highest BCUT2D eigenvalue weighted by atomic mass is 16.2. The summed E-state index contributed by atoms with van der Waals surface area (Å²) in [5.41, 5.74) is 8.53. The minimum absolute atomic E-state index is 0.0437. The molecule has 0 radical (unpaired) electrons. The van der Waals surface area contributed by atoms with Crippen LogP contribution in [0.5, 0.6) is 0 Å². The molecule has 4 rings (SSSR count). The summed E-state index contributed by atoms with van der Waals surface area (Å²) in [4.78, 5) is 24.0. The average molecular weight is 285 g/mol. The Labute approximate surface area is 123 Å². The van der Waals surface area contributed by atoms with Crippen LogP contribution in [0.25, 0.3) is 0 Å². The molecular weight excluding hydrogens is 266 g/mol. The number of carbonyl (C=O) groups is 2. The van der Waals surface area contributed by atoms with Crippen LogP contribution in [-0.2, 0) is 6.42 Å². The summed E-state index contributed by atoms with van der Waals surface area (Å²) in [5.74, 6) is -0.0929. The first-order valence-electron chi connectivity index (χ1n) is 7.55. The maximum atomic E-state index is 12.3. The third kappa shape index (κ3) is 2.03. The molecule has 2 fully saturated rings. The van der Waals surface area contributed by atoms with Crippen molar-refractivity contribution in [2.45, 2.75) is 37.8 Å². The molecule has 3 aliphatic rings. The highest BCUT2D eigenvalue weighted by molar-refractivity contribution is 5.99. The molecule has 1 aromatic carbocycles. The average Bonchev–Trinajstić information content (AvgIpc) is 3.09. The van der Waals surface area contributed by atoms with Crippen molar-refractivity contribution in [2.75, 3.05) is 6.54 Å². The summed E-state index contributed by atoms with van der Waals surface area (Å²) in [5, 5.41) is 5.88. The van der Waals surface area contributed by atoms with Gasteiger partial charge in [0.05, 0.1) is 0 Å². The van der Waals surface area contributed by atoms with Gasteiger partial charge in [-0.1, -0.05) is 0 Å². The van der Waals surface area contributed by atoms with E-state index in [1.54, 1.807) is 12.1 Å². The van der Waals surface area contributed by atoms with Crippen molar-refractivity contribution in [3.8, 4) is 0 Å². The number of hydrogen-bond acceptors (Lipinski definition) is 3. The lowest BCUT2D eigenvalue weighted by Crippen LogP contribution is -2.47. The Hall–Kier alpha value is -1.88. The van der Waals surface area contributed by atoms with Crippen molar-refractivity contribution in [2.24, 2.45) is 11.1 Å². The van der Waals surface area contributed by atoms with Crippen LogP contribution < -0.4 is 16.4 Å². The Bertz CT molecular complexity index is 634. The number of benzene rings is 1. The van der Waals surface area contributed by atoms with E-state index >= 15 is 0 Å². The number of nitrogens with two attached hydrogens (primary N) is 1. The van der Waals surface area contributed by atoms with Crippen molar-refractivity contribution in [1.29, 1.82) is 0 Å². The smallest absolute Gasteiger partial charge is 0.251 e. The van der Waals surface area contributed by atoms with Crippen molar-refractivity contribution in [3.63, 3.8) is 0 Å². The van der Waals surface area contributed by atoms with E-state index in [-0.39, 0.29) is 17.9 Å². The van der Waals surface area contributed by atoms with E-state index in [1.165, 1.54) is 0 Å². The summed E-state index contributed by atoms with van der Waals surface area (Å²) in [6.07, 6.45) is 3.90. The molecule has 1 atom stereocenters. The van der Waals surface area contributed by atoms with Gasteiger partial charge < -0.3 is 16.4 Å². The van der Waals surface area contributed by atoms with Gasteiger partial charge in [-0.2, -0.15) is 0 Å². The fraction of sp³-hybridized carbons (Fsp3) is 0.500. The van der Waals surface area contributed by atoms with Crippen LogP contribution in [0.2, 0.25) is 0 Å². The molecule has 5 heteroatoms. The molecule has 1 heterocycles. The molecular formula is C16H19N3O2. The fourth-order valence-electron chi connectivity index (χ4n) is 3.71. The van der Waals surface area contributed by atoms with Gasteiger partial charge in [0.15, 0.2) is 0 Å². The molecule has 0 bridgehead atoms. The van der Waals surface area contributed by atoms with Gasteiger partial charge in [-0.05, 0) is 54.9 Å². The van der Waals surface area contributed by atoms with Crippen LogP contribution in [0, 0.1) is 5.41 Å². The van der Waals surface area contributed by atoms with Crippen molar-refractivity contribution in [1.82, 2.24) is 10.6 Å². The maximum absolute atomic E-state index is 12.3. The quantitative estimate of drug-likeness (QED) is 0.743. The monoisotopic (exact) mass is 285 g/mol. The predicted molar refractivity (Wildman–Crippen MR) is 78.0 cm³/mol. The summed E-state index contributed by atoms with van der Waals surface area (Å²) in [6.45, 7) is 0.639. The zero-order valence-corrected chi connectivity index (χ0v) is 11.8. The van der Waals surface area contributed by atoms with Crippen LogP contribution in [0.4, 0.5) is 0 Å². The van der Waals surface area contributed by atoms with Gasteiger partial charge in [0.25, 0.3) is 11.8 Å². The second-order valence-electron chi connectivity index (χ2n) is 6.63. The van der Waals surface area contributed by atoms with Gasteiger partial charge in [-0.25, -0.2) is 0 Å². The molecule has 1 unspecified atom stereocenters. The zero-order chi connectivity index (χ0) is 14.6. The lowest BCUT2D eigenvalue weighted by Gasteiger charge is -2.37. The second-order valence-corrected chi connectivity index (χ2v) is 6.63. The van der Waals surface area contributed by atoms with Crippen molar-refractivity contribution in [3.05, 3.63) is 34.9 Å². The third-order valence-electron chi connectivity index (χ3n) is 5.19. The normalized spacial score (nSPS) is 32.9. The largest absolute Gasteiger partial charge is 0.352 e. The molecule has 2 amide bonds. The molecule has 1 spiro atoms. The number of rotatable bonds is 2. The number of fused-ring (bicyclic) bond motifs is 1. The summed E-state index contributed by atoms with van der Waals surface area (Å²) in [6, 6.07) is 5.92. The van der Waals surface area contributed by atoms with E-state index in [0.29, 0.717) is 29.1 Å². The predicted octanol–water partition coefficient (Wildman–Crippen LogP) is 0.582. The van der Waals surface area contributed by atoms with Crippen molar-refractivity contribution < 1.29 is 9.59 Å². The molecule has 0 saturated heterocycles. The van der Waals surface area contributed by atoms with Crippen LogP contribution in [0.3, 0.4) is 0 Å². The maximum Gasteiger partial charge on any atom is 0.251 e. The van der Waals surface area contributed by atoms with Gasteiger partial charge in [0, 0.05) is 29.8 Å². The Morgan fingerprint density at radius 1 is 1.33 bits per heavy atom. The zero-order valence-electron chi connectivity index (χ0n) is 11.8. The first-order valence-corrected chi connectivity index (χ1v) is 7.55. The Balaban J connectivity index is 1.44. The Morgan fingerprint density at radius 3 is 2.81 bits per heavy atom. The summed E-state index contributed by atoms with van der Waals surface area (Å²) >= 11 is 0. The number of carbonyl (C=O) groups excluding carboxylic acids is 2. The number of nitrogens with one attached hydrogen (secondary N) is 2. The minimum atomic E-state index is -0.0492. The Morgan fingerprint density at radius 2 is 2.10 bits per heavy atom. The summed E-state index contributed by atoms with van der Waals surface area (Å²) in [7, 11) is 0.